The first-order valence-electron chi connectivity index (χ1n) is 8.80. The highest BCUT2D eigenvalue weighted by atomic mass is 35.5. The van der Waals surface area contributed by atoms with Crippen LogP contribution in [0.1, 0.15) is 23.9 Å². The van der Waals surface area contributed by atoms with Gasteiger partial charge in [-0.25, -0.2) is 14.7 Å². The highest BCUT2D eigenvalue weighted by Gasteiger charge is 2.26. The third-order valence-electron chi connectivity index (χ3n) is 4.59. The number of hydrogen-bond acceptors (Lipinski definition) is 4. The molecule has 28 heavy (non-hydrogen) atoms. The molecule has 0 fully saturated rings. The van der Waals surface area contributed by atoms with Crippen LogP contribution in [0.3, 0.4) is 0 Å². The van der Waals surface area contributed by atoms with Gasteiger partial charge in [0, 0.05) is 29.9 Å². The van der Waals surface area contributed by atoms with Gasteiger partial charge in [0.1, 0.15) is 11.9 Å². The molecule has 1 aromatic carbocycles. The summed E-state index contributed by atoms with van der Waals surface area (Å²) in [5.41, 5.74) is 5.50. The van der Waals surface area contributed by atoms with E-state index in [0.29, 0.717) is 38.2 Å². The standard InChI is InChI=1S/C18H21ClFN5O3/c1-11(28-21-10-26)8-25-12(2)14-9-24(6-5-17(14)23-25)18(27)22-13-3-4-16(20)15(19)7-13/h3-4,7,10-11H,5-6,8-9H2,1-2H3,(H,21,26)(H,22,27). The lowest BCUT2D eigenvalue weighted by Crippen LogP contribution is -2.38. The van der Waals surface area contributed by atoms with Gasteiger partial charge in [-0.3, -0.25) is 14.3 Å². The Morgan fingerprint density at radius 1 is 1.50 bits per heavy atom. The largest absolute Gasteiger partial charge is 0.322 e. The fraction of sp³-hybridized carbons (Fsp3) is 0.389. The number of halogens is 2. The third-order valence-corrected chi connectivity index (χ3v) is 4.88. The summed E-state index contributed by atoms with van der Waals surface area (Å²) in [4.78, 5) is 29.7. The lowest BCUT2D eigenvalue weighted by atomic mass is 10.1. The minimum absolute atomic E-state index is 0.0451. The van der Waals surface area contributed by atoms with E-state index in [2.05, 4.69) is 15.9 Å². The number of anilines is 1. The van der Waals surface area contributed by atoms with E-state index in [1.54, 1.807) is 4.90 Å². The van der Waals surface area contributed by atoms with E-state index in [-0.39, 0.29) is 17.2 Å². The Labute approximate surface area is 166 Å². The molecule has 2 N–H and O–H groups in total. The molecule has 1 aromatic heterocycles. The van der Waals surface area contributed by atoms with E-state index in [9.17, 15) is 14.0 Å². The van der Waals surface area contributed by atoms with Crippen molar-refractivity contribution in [1.82, 2.24) is 20.2 Å². The van der Waals surface area contributed by atoms with Crippen molar-refractivity contribution in [2.75, 3.05) is 11.9 Å². The van der Waals surface area contributed by atoms with Crippen LogP contribution in [0, 0.1) is 12.7 Å². The Morgan fingerprint density at radius 3 is 3.00 bits per heavy atom. The quantitative estimate of drug-likeness (QED) is 0.567. The van der Waals surface area contributed by atoms with Crippen molar-refractivity contribution in [3.63, 3.8) is 0 Å². The molecule has 2 aromatic rings. The highest BCUT2D eigenvalue weighted by Crippen LogP contribution is 2.24. The summed E-state index contributed by atoms with van der Waals surface area (Å²) < 4.78 is 15.1. The summed E-state index contributed by atoms with van der Waals surface area (Å²) in [6.07, 6.45) is 0.845. The van der Waals surface area contributed by atoms with Crippen molar-refractivity contribution in [2.24, 2.45) is 0 Å². The molecule has 1 unspecified atom stereocenters. The molecule has 0 radical (unpaired) electrons. The minimum Gasteiger partial charge on any atom is -0.320 e. The first-order valence-corrected chi connectivity index (χ1v) is 9.17. The molecule has 0 saturated carbocycles. The zero-order chi connectivity index (χ0) is 20.3. The molecule has 1 aliphatic heterocycles. The summed E-state index contributed by atoms with van der Waals surface area (Å²) in [5.74, 6) is -0.535. The number of rotatable bonds is 6. The molecule has 0 aliphatic carbocycles. The Balaban J connectivity index is 1.67. The summed E-state index contributed by atoms with van der Waals surface area (Å²) in [7, 11) is 0. The number of carbonyl (C=O) groups is 2. The Morgan fingerprint density at radius 2 is 2.29 bits per heavy atom. The highest BCUT2D eigenvalue weighted by molar-refractivity contribution is 6.31. The first kappa shape index (κ1) is 20.1. The third kappa shape index (κ3) is 4.42. The van der Waals surface area contributed by atoms with Crippen molar-refractivity contribution in [3.05, 3.63) is 46.0 Å². The predicted molar refractivity (Wildman–Crippen MR) is 101 cm³/mol. The lowest BCUT2D eigenvalue weighted by molar-refractivity contribution is -0.125. The SMILES string of the molecule is Cc1c2c(nn1CC(C)ONC=O)CCN(C(=O)Nc1ccc(F)c(Cl)c1)C2. The molecule has 150 valence electrons. The molecule has 3 rings (SSSR count). The van der Waals surface area contributed by atoms with Gasteiger partial charge < -0.3 is 10.2 Å². The lowest BCUT2D eigenvalue weighted by Gasteiger charge is -2.27. The van der Waals surface area contributed by atoms with Crippen molar-refractivity contribution in [3.8, 4) is 0 Å². The van der Waals surface area contributed by atoms with Crippen LogP contribution < -0.4 is 10.8 Å². The normalized spacial score (nSPS) is 14.4. The molecule has 1 aliphatic rings. The number of fused-ring (bicyclic) bond motifs is 1. The fourth-order valence-electron chi connectivity index (χ4n) is 3.12. The fourth-order valence-corrected chi connectivity index (χ4v) is 3.30. The second kappa shape index (κ2) is 8.57. The number of nitrogens with zero attached hydrogens (tertiary/aromatic N) is 3. The molecule has 3 amide bonds. The second-order valence-electron chi connectivity index (χ2n) is 6.59. The molecule has 8 nitrogen and oxygen atoms in total. The van der Waals surface area contributed by atoms with Crippen LogP contribution in [0.4, 0.5) is 14.9 Å². The van der Waals surface area contributed by atoms with E-state index in [0.717, 1.165) is 17.0 Å². The summed E-state index contributed by atoms with van der Waals surface area (Å²) in [6.45, 7) is 5.17. The Hall–Kier alpha value is -2.65. The van der Waals surface area contributed by atoms with Crippen LogP contribution in [0.5, 0.6) is 0 Å². The van der Waals surface area contributed by atoms with Gasteiger partial charge in [-0.1, -0.05) is 11.6 Å². The maximum absolute atomic E-state index is 13.3. The van der Waals surface area contributed by atoms with Gasteiger partial charge >= 0.3 is 6.03 Å². The smallest absolute Gasteiger partial charge is 0.320 e. The Bertz CT molecular complexity index is 888. The van der Waals surface area contributed by atoms with Crippen molar-refractivity contribution in [1.29, 1.82) is 0 Å². The van der Waals surface area contributed by atoms with Gasteiger partial charge in [-0.15, -0.1) is 0 Å². The molecular formula is C18H21ClFN5O3. The van der Waals surface area contributed by atoms with Crippen LogP contribution in [0.15, 0.2) is 18.2 Å². The molecule has 0 saturated heterocycles. The molecule has 1 atom stereocenters. The van der Waals surface area contributed by atoms with E-state index in [1.165, 1.54) is 18.2 Å². The van der Waals surface area contributed by atoms with E-state index in [4.69, 9.17) is 16.4 Å². The van der Waals surface area contributed by atoms with Crippen molar-refractivity contribution < 1.29 is 18.8 Å². The number of hydroxylamine groups is 1. The van der Waals surface area contributed by atoms with Gasteiger partial charge in [0.15, 0.2) is 0 Å². The first-order chi connectivity index (χ1) is 13.4. The van der Waals surface area contributed by atoms with Crippen LogP contribution in [0.2, 0.25) is 5.02 Å². The number of carbonyl (C=O) groups excluding carboxylic acids is 2. The topological polar surface area (TPSA) is 88.5 Å². The van der Waals surface area contributed by atoms with E-state index >= 15 is 0 Å². The van der Waals surface area contributed by atoms with Gasteiger partial charge in [-0.05, 0) is 32.0 Å². The summed E-state index contributed by atoms with van der Waals surface area (Å²) in [5, 5.41) is 7.29. The number of benzene rings is 1. The molecular weight excluding hydrogens is 389 g/mol. The second-order valence-corrected chi connectivity index (χ2v) is 6.99. The van der Waals surface area contributed by atoms with Crippen LogP contribution >= 0.6 is 11.6 Å². The molecule has 2 heterocycles. The minimum atomic E-state index is -0.535. The predicted octanol–water partition coefficient (Wildman–Crippen LogP) is 2.64. The van der Waals surface area contributed by atoms with Crippen LogP contribution in [-0.2, 0) is 29.1 Å². The van der Waals surface area contributed by atoms with Gasteiger partial charge in [0.05, 0.1) is 23.8 Å². The van der Waals surface area contributed by atoms with Crippen molar-refractivity contribution in [2.45, 2.75) is 39.5 Å². The monoisotopic (exact) mass is 409 g/mol. The maximum Gasteiger partial charge on any atom is 0.322 e. The zero-order valence-electron chi connectivity index (χ0n) is 15.5. The summed E-state index contributed by atoms with van der Waals surface area (Å²) >= 11 is 5.76. The molecule has 10 heteroatoms. The molecule has 0 bridgehead atoms. The van der Waals surface area contributed by atoms with Gasteiger partial charge in [-0.2, -0.15) is 5.10 Å². The zero-order valence-corrected chi connectivity index (χ0v) is 16.3. The number of urea groups is 1. The number of aromatic nitrogens is 2. The van der Waals surface area contributed by atoms with Crippen LogP contribution in [0.25, 0.3) is 0 Å². The summed E-state index contributed by atoms with van der Waals surface area (Å²) in [6, 6.07) is 3.77. The average Bonchev–Trinajstić information content (AvgIpc) is 2.98. The average molecular weight is 410 g/mol. The van der Waals surface area contributed by atoms with E-state index < -0.39 is 5.82 Å². The maximum atomic E-state index is 13.3. The van der Waals surface area contributed by atoms with Crippen molar-refractivity contribution >= 4 is 29.7 Å². The molecule has 0 spiro atoms. The Kier molecular flexibility index (Phi) is 6.15. The van der Waals surface area contributed by atoms with Crippen LogP contribution in [-0.4, -0.2) is 39.8 Å². The van der Waals surface area contributed by atoms with Gasteiger partial charge in [0.2, 0.25) is 6.41 Å². The number of amides is 3. The van der Waals surface area contributed by atoms with Gasteiger partial charge in [0.25, 0.3) is 0 Å². The van der Waals surface area contributed by atoms with E-state index in [1.807, 2.05) is 18.5 Å². The number of nitrogens with one attached hydrogen (secondary N) is 2. The number of hydrogen-bond donors (Lipinski definition) is 2.